The molecular formula is C51H54O10. The fraction of sp³-hybridized carbons (Fsp3) is 0.294. The van der Waals surface area contributed by atoms with E-state index in [1.807, 2.05) is 36.4 Å². The third-order valence-corrected chi connectivity index (χ3v) is 9.86. The molecule has 5 rings (SSSR count). The van der Waals surface area contributed by atoms with Crippen molar-refractivity contribution in [3.05, 3.63) is 145 Å². The van der Waals surface area contributed by atoms with Gasteiger partial charge in [-0.15, -0.1) is 0 Å². The Morgan fingerprint density at radius 3 is 1.72 bits per heavy atom. The number of benzene rings is 5. The fourth-order valence-electron chi connectivity index (χ4n) is 6.66. The zero-order valence-corrected chi connectivity index (χ0v) is 35.0. The van der Waals surface area contributed by atoms with Gasteiger partial charge in [0.25, 0.3) is 0 Å². The van der Waals surface area contributed by atoms with Crippen LogP contribution in [0, 0.1) is 0 Å². The highest BCUT2D eigenvalue weighted by atomic mass is 16.6. The van der Waals surface area contributed by atoms with E-state index in [4.69, 9.17) is 28.4 Å². The molecule has 0 spiro atoms. The summed E-state index contributed by atoms with van der Waals surface area (Å²) in [6, 6.07) is 30.9. The van der Waals surface area contributed by atoms with E-state index >= 15 is 0 Å². The molecule has 0 aliphatic heterocycles. The lowest BCUT2D eigenvalue weighted by atomic mass is 9.88. The SMILES string of the molecule is C=CC(=O)OCCCCCCOc1ccc(OC(=O)c2cccc3c(C(C)C)ccc(-c4ccc(C(=O)Oc5ccccc5OCCCCCCOC(=O)C=C)cc4)c23)cc1. The smallest absolute Gasteiger partial charge is 0.344 e. The highest BCUT2D eigenvalue weighted by molar-refractivity contribution is 6.12. The molecule has 0 saturated heterocycles. The lowest BCUT2D eigenvalue weighted by molar-refractivity contribution is -0.138. The molecule has 0 radical (unpaired) electrons. The minimum atomic E-state index is -0.530. The van der Waals surface area contributed by atoms with Gasteiger partial charge in [-0.05, 0) is 134 Å². The first kappa shape index (κ1) is 45.4. The summed E-state index contributed by atoms with van der Waals surface area (Å²) in [7, 11) is 0. The molecule has 5 aromatic rings. The minimum absolute atomic E-state index is 0.196. The van der Waals surface area contributed by atoms with Crippen molar-refractivity contribution in [2.45, 2.75) is 71.1 Å². The number of para-hydroxylation sites is 2. The van der Waals surface area contributed by atoms with Crippen molar-refractivity contribution in [3.8, 4) is 34.1 Å². The molecule has 0 saturated carbocycles. The van der Waals surface area contributed by atoms with Gasteiger partial charge < -0.3 is 28.4 Å². The van der Waals surface area contributed by atoms with Gasteiger partial charge in [-0.25, -0.2) is 19.2 Å². The quantitative estimate of drug-likeness (QED) is 0.0257. The Morgan fingerprint density at radius 1 is 0.541 bits per heavy atom. The first-order chi connectivity index (χ1) is 29.7. The summed E-state index contributed by atoms with van der Waals surface area (Å²) in [6.45, 7) is 12.7. The Bertz CT molecular complexity index is 2260. The zero-order chi connectivity index (χ0) is 43.4. The van der Waals surface area contributed by atoms with Crippen molar-refractivity contribution < 1.29 is 47.6 Å². The van der Waals surface area contributed by atoms with Crippen LogP contribution in [0.1, 0.15) is 97.4 Å². The second-order valence-electron chi connectivity index (χ2n) is 14.6. The summed E-state index contributed by atoms with van der Waals surface area (Å²) < 4.78 is 33.6. The van der Waals surface area contributed by atoms with Crippen molar-refractivity contribution in [2.24, 2.45) is 0 Å². The first-order valence-corrected chi connectivity index (χ1v) is 20.8. The van der Waals surface area contributed by atoms with Gasteiger partial charge in [-0.3, -0.25) is 0 Å². The lowest BCUT2D eigenvalue weighted by Crippen LogP contribution is -2.10. The largest absolute Gasteiger partial charge is 0.494 e. The van der Waals surface area contributed by atoms with E-state index in [1.54, 1.807) is 60.7 Å². The second kappa shape index (κ2) is 23.8. The summed E-state index contributed by atoms with van der Waals surface area (Å²) in [5.74, 6) is 0.204. The van der Waals surface area contributed by atoms with Crippen LogP contribution < -0.4 is 18.9 Å². The molecule has 61 heavy (non-hydrogen) atoms. The average molecular weight is 827 g/mol. The van der Waals surface area contributed by atoms with Crippen molar-refractivity contribution in [3.63, 3.8) is 0 Å². The third-order valence-electron chi connectivity index (χ3n) is 9.86. The van der Waals surface area contributed by atoms with Crippen LogP contribution in [-0.4, -0.2) is 50.3 Å². The molecule has 0 aliphatic rings. The summed E-state index contributed by atoms with van der Waals surface area (Å²) in [5.41, 5.74) is 3.51. The first-order valence-electron chi connectivity index (χ1n) is 20.8. The van der Waals surface area contributed by atoms with Crippen LogP contribution in [0.5, 0.6) is 23.0 Å². The second-order valence-corrected chi connectivity index (χ2v) is 14.6. The molecule has 0 unspecified atom stereocenters. The molecule has 0 aromatic heterocycles. The lowest BCUT2D eigenvalue weighted by Gasteiger charge is -2.17. The number of fused-ring (bicyclic) bond motifs is 1. The molecule has 10 nitrogen and oxygen atoms in total. The van der Waals surface area contributed by atoms with Gasteiger partial charge >= 0.3 is 23.9 Å². The number of unbranched alkanes of at least 4 members (excludes halogenated alkanes) is 6. The molecule has 0 N–H and O–H groups in total. The summed E-state index contributed by atoms with van der Waals surface area (Å²) in [6.07, 6.45) is 9.16. The van der Waals surface area contributed by atoms with E-state index in [1.165, 1.54) is 0 Å². The van der Waals surface area contributed by atoms with Crippen LogP contribution in [-0.2, 0) is 19.1 Å². The number of esters is 4. The van der Waals surface area contributed by atoms with E-state index in [2.05, 4.69) is 33.1 Å². The Hall–Kier alpha value is -6.68. The number of carbonyl (C=O) groups excluding carboxylic acids is 4. The Labute approximate surface area is 358 Å². The van der Waals surface area contributed by atoms with E-state index in [9.17, 15) is 19.2 Å². The van der Waals surface area contributed by atoms with Gasteiger partial charge in [0.15, 0.2) is 11.5 Å². The molecule has 318 valence electrons. The molecule has 0 heterocycles. The average Bonchev–Trinajstić information content (AvgIpc) is 3.28. The van der Waals surface area contributed by atoms with Gasteiger partial charge in [0.05, 0.1) is 37.6 Å². The Balaban J connectivity index is 1.21. The van der Waals surface area contributed by atoms with Gasteiger partial charge in [-0.2, -0.15) is 0 Å². The van der Waals surface area contributed by atoms with Crippen molar-refractivity contribution in [1.29, 1.82) is 0 Å². The molecule has 10 heteroatoms. The van der Waals surface area contributed by atoms with Crippen LogP contribution in [0.3, 0.4) is 0 Å². The molecule has 0 bridgehead atoms. The maximum absolute atomic E-state index is 13.9. The van der Waals surface area contributed by atoms with Crippen molar-refractivity contribution in [1.82, 2.24) is 0 Å². The van der Waals surface area contributed by atoms with E-state index in [0.29, 0.717) is 60.6 Å². The van der Waals surface area contributed by atoms with Crippen LogP contribution >= 0.6 is 0 Å². The number of rotatable bonds is 24. The van der Waals surface area contributed by atoms with Gasteiger partial charge in [0.1, 0.15) is 11.5 Å². The Morgan fingerprint density at radius 2 is 1.11 bits per heavy atom. The van der Waals surface area contributed by atoms with Gasteiger partial charge in [-0.1, -0.05) is 75.5 Å². The van der Waals surface area contributed by atoms with E-state index in [-0.39, 0.29) is 5.92 Å². The maximum Gasteiger partial charge on any atom is 0.344 e. The number of hydrogen-bond donors (Lipinski definition) is 0. The Kier molecular flexibility index (Phi) is 17.7. The van der Waals surface area contributed by atoms with Crippen LogP contribution in [0.25, 0.3) is 21.9 Å². The zero-order valence-electron chi connectivity index (χ0n) is 35.0. The van der Waals surface area contributed by atoms with Crippen LogP contribution in [0.4, 0.5) is 0 Å². The molecular weight excluding hydrogens is 773 g/mol. The topological polar surface area (TPSA) is 124 Å². The third kappa shape index (κ3) is 13.7. The number of hydrogen-bond acceptors (Lipinski definition) is 10. The predicted octanol–water partition coefficient (Wildman–Crippen LogP) is 11.4. The summed E-state index contributed by atoms with van der Waals surface area (Å²) >= 11 is 0. The molecule has 5 aromatic carbocycles. The number of ether oxygens (including phenoxy) is 6. The van der Waals surface area contributed by atoms with E-state index < -0.39 is 23.9 Å². The predicted molar refractivity (Wildman–Crippen MR) is 237 cm³/mol. The standard InChI is InChI=1S/C51H54O10/c1-5-47(52)58-34-15-9-7-13-32-56-39-26-28-40(29-27-39)60-51(55)44-19-17-18-43-41(36(3)4)30-31-42(49(43)44)37-22-24-38(25-23-37)50(54)61-46-21-12-11-20-45(46)57-33-14-8-10-16-35-59-48(53)6-2/h5-6,11-12,17-31,36H,1-2,7-10,13-16,32-35H2,3-4H3. The van der Waals surface area contributed by atoms with E-state index in [0.717, 1.165) is 91.0 Å². The number of carbonyl (C=O) groups is 4. The van der Waals surface area contributed by atoms with Crippen molar-refractivity contribution in [2.75, 3.05) is 26.4 Å². The van der Waals surface area contributed by atoms with Gasteiger partial charge in [0, 0.05) is 17.5 Å². The monoisotopic (exact) mass is 826 g/mol. The molecule has 0 amide bonds. The minimum Gasteiger partial charge on any atom is -0.494 e. The maximum atomic E-state index is 13.9. The van der Waals surface area contributed by atoms with Crippen LogP contribution in [0.15, 0.2) is 128 Å². The summed E-state index contributed by atoms with van der Waals surface area (Å²) in [5, 5.41) is 1.70. The van der Waals surface area contributed by atoms with Crippen LogP contribution in [0.2, 0.25) is 0 Å². The van der Waals surface area contributed by atoms with Gasteiger partial charge in [0.2, 0.25) is 0 Å². The normalized spacial score (nSPS) is 10.8. The molecule has 0 atom stereocenters. The van der Waals surface area contributed by atoms with Crippen molar-refractivity contribution >= 4 is 34.6 Å². The molecule has 0 fully saturated rings. The molecule has 0 aliphatic carbocycles. The highest BCUT2D eigenvalue weighted by Gasteiger charge is 2.20. The summed E-state index contributed by atoms with van der Waals surface area (Å²) in [4.78, 5) is 49.6. The highest BCUT2D eigenvalue weighted by Crippen LogP contribution is 2.37. The fourth-order valence-corrected chi connectivity index (χ4v) is 6.66.